The molecule has 0 bridgehead atoms. The van der Waals surface area contributed by atoms with Crippen LogP contribution in [0.2, 0.25) is 0 Å². The third kappa shape index (κ3) is 4.80. The van der Waals surface area contributed by atoms with E-state index in [9.17, 15) is 0 Å². The number of benzene rings is 2. The Morgan fingerprint density at radius 2 is 1.86 bits per heavy atom. The second-order valence-corrected chi connectivity index (χ2v) is 5.90. The molecule has 3 aromatic rings. The molecule has 0 saturated carbocycles. The quantitative estimate of drug-likeness (QED) is 0.263. The summed E-state index contributed by atoms with van der Waals surface area (Å²) >= 11 is 0. The summed E-state index contributed by atoms with van der Waals surface area (Å²) < 4.78 is 16.0. The summed E-state index contributed by atoms with van der Waals surface area (Å²) in [6.45, 7) is 0.538. The van der Waals surface area contributed by atoms with Crippen LogP contribution in [0.3, 0.4) is 0 Å². The van der Waals surface area contributed by atoms with Crippen molar-refractivity contribution in [2.24, 2.45) is 10.7 Å². The number of rotatable bonds is 7. The molecule has 0 aliphatic heterocycles. The highest BCUT2D eigenvalue weighted by atomic mass is 127. The standard InChI is InChI=1S/C20H24N4O3.HI/c1-25-14-7-8-17(26-2)16(11-14)24-20(21)22-10-9-13-12-23-15-5-4-6-18(27-3)19(13)15;/h4-8,11-12,23H,9-10H2,1-3H3,(H3,21,22,24);1H. The molecule has 0 aliphatic carbocycles. The van der Waals surface area contributed by atoms with E-state index < -0.39 is 0 Å². The molecule has 3 rings (SSSR count). The van der Waals surface area contributed by atoms with Gasteiger partial charge >= 0.3 is 0 Å². The Bertz CT molecular complexity index is 956. The number of anilines is 1. The van der Waals surface area contributed by atoms with Gasteiger partial charge in [-0.15, -0.1) is 24.0 Å². The number of ether oxygens (including phenoxy) is 3. The maximum atomic E-state index is 6.04. The lowest BCUT2D eigenvalue weighted by atomic mass is 10.1. The summed E-state index contributed by atoms with van der Waals surface area (Å²) in [6.07, 6.45) is 2.72. The van der Waals surface area contributed by atoms with Crippen molar-refractivity contribution in [3.63, 3.8) is 0 Å². The molecule has 0 aliphatic rings. The van der Waals surface area contributed by atoms with Gasteiger partial charge in [-0.2, -0.15) is 0 Å². The van der Waals surface area contributed by atoms with E-state index in [1.807, 2.05) is 42.6 Å². The average molecular weight is 496 g/mol. The maximum absolute atomic E-state index is 6.04. The van der Waals surface area contributed by atoms with Gasteiger partial charge in [-0.25, -0.2) is 0 Å². The molecule has 0 atom stereocenters. The summed E-state index contributed by atoms with van der Waals surface area (Å²) in [4.78, 5) is 7.68. The molecular formula is C20H25IN4O3. The first kappa shape index (κ1) is 21.7. The molecule has 0 radical (unpaired) electrons. The van der Waals surface area contributed by atoms with Gasteiger partial charge in [-0.1, -0.05) is 6.07 Å². The summed E-state index contributed by atoms with van der Waals surface area (Å²) in [5.41, 5.74) is 8.92. The number of halogens is 1. The van der Waals surface area contributed by atoms with Crippen LogP contribution in [-0.4, -0.2) is 38.8 Å². The smallest absolute Gasteiger partial charge is 0.193 e. The van der Waals surface area contributed by atoms with Gasteiger partial charge in [0.15, 0.2) is 5.96 Å². The van der Waals surface area contributed by atoms with Gasteiger partial charge in [-0.3, -0.25) is 4.99 Å². The average Bonchev–Trinajstić information content (AvgIpc) is 3.11. The normalized spacial score (nSPS) is 11.0. The number of aromatic amines is 1. The number of nitrogens with zero attached hydrogens (tertiary/aromatic N) is 1. The SMILES string of the molecule is COc1ccc(OC)c(NC(N)=NCCc2c[nH]c3cccc(OC)c23)c1.I. The summed E-state index contributed by atoms with van der Waals surface area (Å²) in [5.74, 6) is 2.53. The number of H-pyrrole nitrogens is 1. The summed E-state index contributed by atoms with van der Waals surface area (Å²) in [5, 5.41) is 4.15. The molecule has 4 N–H and O–H groups in total. The molecule has 1 heterocycles. The van der Waals surface area contributed by atoms with Crippen LogP contribution in [0.15, 0.2) is 47.6 Å². The van der Waals surface area contributed by atoms with E-state index in [1.54, 1.807) is 21.3 Å². The Morgan fingerprint density at radius 1 is 1.07 bits per heavy atom. The number of aliphatic imine (C=N–C) groups is 1. The second-order valence-electron chi connectivity index (χ2n) is 5.90. The number of hydrogen-bond acceptors (Lipinski definition) is 4. The monoisotopic (exact) mass is 496 g/mol. The van der Waals surface area contributed by atoms with Gasteiger partial charge < -0.3 is 30.2 Å². The van der Waals surface area contributed by atoms with Crippen LogP contribution in [-0.2, 0) is 6.42 Å². The van der Waals surface area contributed by atoms with Crippen LogP contribution in [0, 0.1) is 0 Å². The number of aromatic nitrogens is 1. The third-order valence-corrected chi connectivity index (χ3v) is 4.30. The van der Waals surface area contributed by atoms with Crippen molar-refractivity contribution in [2.45, 2.75) is 6.42 Å². The minimum absolute atomic E-state index is 0. The molecule has 28 heavy (non-hydrogen) atoms. The number of nitrogens with two attached hydrogens (primary N) is 1. The van der Waals surface area contributed by atoms with E-state index in [-0.39, 0.29) is 24.0 Å². The zero-order valence-electron chi connectivity index (χ0n) is 16.1. The van der Waals surface area contributed by atoms with Crippen molar-refractivity contribution >= 4 is 46.5 Å². The fraction of sp³-hybridized carbons (Fsp3) is 0.250. The Kier molecular flexibility index (Phi) is 7.80. The minimum Gasteiger partial charge on any atom is -0.497 e. The zero-order chi connectivity index (χ0) is 19.2. The Hall–Kier alpha value is -2.62. The lowest BCUT2D eigenvalue weighted by Gasteiger charge is -2.12. The molecule has 0 spiro atoms. The first-order valence-electron chi connectivity index (χ1n) is 8.58. The predicted molar refractivity (Wildman–Crippen MR) is 124 cm³/mol. The van der Waals surface area contributed by atoms with Crippen molar-refractivity contribution in [1.82, 2.24) is 4.98 Å². The van der Waals surface area contributed by atoms with E-state index in [1.165, 1.54) is 0 Å². The van der Waals surface area contributed by atoms with E-state index in [2.05, 4.69) is 15.3 Å². The fourth-order valence-electron chi connectivity index (χ4n) is 2.97. The Labute approximate surface area is 181 Å². The van der Waals surface area contributed by atoms with Crippen LogP contribution >= 0.6 is 24.0 Å². The van der Waals surface area contributed by atoms with Crippen LogP contribution in [0.1, 0.15) is 5.56 Å². The summed E-state index contributed by atoms with van der Waals surface area (Å²) in [7, 11) is 4.89. The molecule has 0 amide bonds. The van der Waals surface area contributed by atoms with E-state index in [4.69, 9.17) is 19.9 Å². The first-order valence-corrected chi connectivity index (χ1v) is 8.58. The van der Waals surface area contributed by atoms with Crippen LogP contribution in [0.4, 0.5) is 5.69 Å². The number of fused-ring (bicyclic) bond motifs is 1. The van der Waals surface area contributed by atoms with Crippen molar-refractivity contribution in [3.05, 3.63) is 48.2 Å². The molecule has 0 saturated heterocycles. The second kappa shape index (κ2) is 10.1. The molecular weight excluding hydrogens is 471 g/mol. The van der Waals surface area contributed by atoms with Crippen molar-refractivity contribution in [3.8, 4) is 17.2 Å². The third-order valence-electron chi connectivity index (χ3n) is 4.30. The van der Waals surface area contributed by atoms with Gasteiger partial charge in [0.25, 0.3) is 0 Å². The molecule has 2 aromatic carbocycles. The van der Waals surface area contributed by atoms with E-state index in [0.29, 0.717) is 29.7 Å². The molecule has 1 aromatic heterocycles. The van der Waals surface area contributed by atoms with Gasteiger partial charge in [0.2, 0.25) is 0 Å². The zero-order valence-corrected chi connectivity index (χ0v) is 18.4. The molecule has 8 heteroatoms. The van der Waals surface area contributed by atoms with Crippen molar-refractivity contribution < 1.29 is 14.2 Å². The van der Waals surface area contributed by atoms with E-state index in [0.717, 1.165) is 28.6 Å². The molecule has 0 fully saturated rings. The Balaban J connectivity index is 0.00000280. The largest absolute Gasteiger partial charge is 0.497 e. The summed E-state index contributed by atoms with van der Waals surface area (Å²) in [6, 6.07) is 11.4. The van der Waals surface area contributed by atoms with Crippen molar-refractivity contribution in [2.75, 3.05) is 33.2 Å². The number of nitrogens with one attached hydrogen (secondary N) is 2. The lowest BCUT2D eigenvalue weighted by molar-refractivity contribution is 0.405. The first-order chi connectivity index (χ1) is 13.2. The number of methoxy groups -OCH3 is 3. The molecule has 150 valence electrons. The topological polar surface area (TPSA) is 93.9 Å². The van der Waals surface area contributed by atoms with Crippen molar-refractivity contribution in [1.29, 1.82) is 0 Å². The van der Waals surface area contributed by atoms with Gasteiger partial charge in [0, 0.05) is 29.7 Å². The van der Waals surface area contributed by atoms with Gasteiger partial charge in [0.05, 0.1) is 27.0 Å². The lowest BCUT2D eigenvalue weighted by Crippen LogP contribution is -2.23. The van der Waals surface area contributed by atoms with Gasteiger partial charge in [-0.05, 0) is 36.2 Å². The Morgan fingerprint density at radius 3 is 2.57 bits per heavy atom. The number of guanidine groups is 1. The highest BCUT2D eigenvalue weighted by molar-refractivity contribution is 14.0. The number of hydrogen-bond donors (Lipinski definition) is 3. The maximum Gasteiger partial charge on any atom is 0.193 e. The van der Waals surface area contributed by atoms with E-state index >= 15 is 0 Å². The predicted octanol–water partition coefficient (Wildman–Crippen LogP) is 3.78. The minimum atomic E-state index is 0. The van der Waals surface area contributed by atoms with Gasteiger partial charge in [0.1, 0.15) is 17.2 Å². The molecule has 7 nitrogen and oxygen atoms in total. The molecule has 0 unspecified atom stereocenters. The van der Waals surface area contributed by atoms with Crippen LogP contribution < -0.4 is 25.3 Å². The van der Waals surface area contributed by atoms with Crippen LogP contribution in [0.25, 0.3) is 10.9 Å². The highest BCUT2D eigenvalue weighted by Gasteiger charge is 2.09. The fourth-order valence-corrected chi connectivity index (χ4v) is 2.97. The highest BCUT2D eigenvalue weighted by Crippen LogP contribution is 2.29. The van der Waals surface area contributed by atoms with Crippen LogP contribution in [0.5, 0.6) is 17.2 Å².